The second-order valence-electron chi connectivity index (χ2n) is 20.8. The maximum absolute atomic E-state index is 12.9. The van der Waals surface area contributed by atoms with E-state index in [0.717, 1.165) is 135 Å². The number of aliphatic hydroxyl groups is 2. The Labute approximate surface area is 512 Å². The highest BCUT2D eigenvalue weighted by atomic mass is 31.2. The molecule has 0 saturated heterocycles. The molecule has 0 rings (SSSR count). The number of phosphoric ester groups is 2. The van der Waals surface area contributed by atoms with Gasteiger partial charge in [0, 0.05) is 19.3 Å². The van der Waals surface area contributed by atoms with Gasteiger partial charge in [-0.05, 0) is 122 Å². The number of allylic oxidation sites excluding steroid dienone is 20. The van der Waals surface area contributed by atoms with E-state index in [-0.39, 0.29) is 19.3 Å². The maximum Gasteiger partial charge on any atom is 0.472 e. The molecule has 0 aliphatic rings. The van der Waals surface area contributed by atoms with Crippen LogP contribution in [-0.4, -0.2) is 95.9 Å². The van der Waals surface area contributed by atoms with Crippen LogP contribution in [0.3, 0.4) is 0 Å². The Kier molecular flexibility index (Phi) is 57.4. The molecule has 4 N–H and O–H groups in total. The van der Waals surface area contributed by atoms with Crippen molar-refractivity contribution in [1.29, 1.82) is 0 Å². The fourth-order valence-electron chi connectivity index (χ4n) is 7.82. The van der Waals surface area contributed by atoms with Crippen LogP contribution in [0.15, 0.2) is 122 Å². The van der Waals surface area contributed by atoms with E-state index in [4.69, 9.17) is 32.3 Å². The van der Waals surface area contributed by atoms with E-state index in [2.05, 4.69) is 130 Å². The fraction of sp³-hybridized carbons (Fsp3) is 0.657. The topological polar surface area (TPSA) is 231 Å². The second-order valence-corrected chi connectivity index (χ2v) is 23.7. The molecule has 0 saturated carbocycles. The molecule has 0 aromatic rings. The second kappa shape index (κ2) is 60.2. The van der Waals surface area contributed by atoms with E-state index >= 15 is 0 Å². The van der Waals surface area contributed by atoms with Crippen LogP contribution in [0.1, 0.15) is 226 Å². The Morgan fingerprint density at radius 2 is 0.635 bits per heavy atom. The molecule has 0 amide bonds. The average molecular weight is 1240 g/mol. The van der Waals surface area contributed by atoms with Crippen LogP contribution in [0, 0.1) is 0 Å². The Bertz CT molecular complexity index is 2040. The van der Waals surface area contributed by atoms with Gasteiger partial charge in [0.25, 0.3) is 0 Å². The van der Waals surface area contributed by atoms with E-state index in [1.165, 1.54) is 25.7 Å². The standard InChI is InChI=1S/C67H112O16P2/c1-4-7-10-13-16-19-22-25-27-29-30-32-34-36-38-41-44-47-50-53-65(70)77-56-62(68)57-79-84(73,74)80-58-63(69)59-81-85(75,76)82-61-64(83-67(72)55-52-49-46-43-40-35-24-21-18-15-12-9-6-3)60-78-66(71)54-51-48-45-42-39-37-33-31-28-26-23-20-17-14-11-8-5-2/h7-8,10-11,16-17,19-21,24-28,30,32-33,37,42,45,62-64,68-69H,4-6,9,12-15,18,22-23,29,31,34-36,38-41,43-44,46-61H2,1-3H3,(H,73,74)(H,75,76)/b10-7-,11-8-,19-16-,20-17-,24-21-,27-25-,28-26-,32-30-,37-33-,45-42-. The lowest BCUT2D eigenvalue weighted by Gasteiger charge is -2.21. The number of aliphatic hydroxyl groups excluding tert-OH is 2. The van der Waals surface area contributed by atoms with Crippen LogP contribution in [0.25, 0.3) is 0 Å². The first-order valence-electron chi connectivity index (χ1n) is 31.8. The number of carbonyl (C=O) groups is 3. The molecule has 16 nitrogen and oxygen atoms in total. The molecule has 0 radical (unpaired) electrons. The molecule has 5 unspecified atom stereocenters. The van der Waals surface area contributed by atoms with Gasteiger partial charge in [0.15, 0.2) is 6.10 Å². The minimum Gasteiger partial charge on any atom is -0.463 e. The minimum atomic E-state index is -4.94. The monoisotopic (exact) mass is 1230 g/mol. The number of unbranched alkanes of at least 4 members (excludes halogenated alkanes) is 16. The minimum absolute atomic E-state index is 0.0789. The predicted octanol–water partition coefficient (Wildman–Crippen LogP) is 17.1. The van der Waals surface area contributed by atoms with Crippen molar-refractivity contribution < 1.29 is 75.8 Å². The summed E-state index contributed by atoms with van der Waals surface area (Å²) in [7, 11) is -9.79. The van der Waals surface area contributed by atoms with Gasteiger partial charge in [0.1, 0.15) is 25.4 Å². The SMILES string of the molecule is CC/C=C\C/C=C\C/C=C\C/C=C\C/C=C\CCCC(=O)OCC(COP(=O)(O)OCC(O)COP(=O)(O)OCC(O)COC(=O)CCCCCCCC/C=C\C/C=C\C/C=C\C/C=C\CC)OC(=O)CCCCCCC/C=C\CCCCCC. The molecule has 85 heavy (non-hydrogen) atoms. The first kappa shape index (κ1) is 81.0. The van der Waals surface area contributed by atoms with Gasteiger partial charge in [-0.25, -0.2) is 9.13 Å². The molecule has 0 bridgehead atoms. The first-order valence-corrected chi connectivity index (χ1v) is 34.8. The van der Waals surface area contributed by atoms with Gasteiger partial charge in [-0.15, -0.1) is 0 Å². The smallest absolute Gasteiger partial charge is 0.463 e. The van der Waals surface area contributed by atoms with E-state index in [1.807, 2.05) is 12.2 Å². The summed E-state index contributed by atoms with van der Waals surface area (Å²) in [4.78, 5) is 58.2. The van der Waals surface area contributed by atoms with Crippen molar-refractivity contribution in [2.75, 3.05) is 39.6 Å². The van der Waals surface area contributed by atoms with E-state index < -0.39 is 91.5 Å². The third-order valence-corrected chi connectivity index (χ3v) is 14.6. The number of ether oxygens (including phenoxy) is 3. The zero-order valence-corrected chi connectivity index (χ0v) is 54.0. The third kappa shape index (κ3) is 61.4. The molecule has 0 heterocycles. The summed E-state index contributed by atoms with van der Waals surface area (Å²) in [5, 5.41) is 20.5. The summed E-state index contributed by atoms with van der Waals surface area (Å²) in [5.74, 6) is -1.67. The molecular weight excluding hydrogens is 1120 g/mol. The molecule has 5 atom stereocenters. The highest BCUT2D eigenvalue weighted by molar-refractivity contribution is 7.47. The van der Waals surface area contributed by atoms with Crippen LogP contribution >= 0.6 is 15.6 Å². The van der Waals surface area contributed by atoms with E-state index in [0.29, 0.717) is 25.7 Å². The van der Waals surface area contributed by atoms with Gasteiger partial charge in [0.05, 0.1) is 26.4 Å². The number of phosphoric acid groups is 2. The molecule has 0 aliphatic heterocycles. The Morgan fingerprint density at radius 3 is 1.05 bits per heavy atom. The van der Waals surface area contributed by atoms with Crippen LogP contribution in [0.2, 0.25) is 0 Å². The van der Waals surface area contributed by atoms with Crippen LogP contribution < -0.4 is 0 Å². The number of hydrogen-bond donors (Lipinski definition) is 4. The Hall–Kier alpha value is -4.05. The summed E-state index contributed by atoms with van der Waals surface area (Å²) < 4.78 is 60.6. The summed E-state index contributed by atoms with van der Waals surface area (Å²) >= 11 is 0. The zero-order chi connectivity index (χ0) is 62.4. The highest BCUT2D eigenvalue weighted by Crippen LogP contribution is 2.45. The van der Waals surface area contributed by atoms with Gasteiger partial charge < -0.3 is 34.2 Å². The number of esters is 3. The molecule has 18 heteroatoms. The normalized spacial score (nSPS) is 15.1. The molecule has 486 valence electrons. The Balaban J connectivity index is 4.73. The molecule has 0 fully saturated rings. The molecule has 0 spiro atoms. The van der Waals surface area contributed by atoms with Crippen molar-refractivity contribution in [1.82, 2.24) is 0 Å². The summed E-state index contributed by atoms with van der Waals surface area (Å²) in [6.07, 6.45) is 67.0. The highest BCUT2D eigenvalue weighted by Gasteiger charge is 2.29. The molecule has 0 aromatic heterocycles. The largest absolute Gasteiger partial charge is 0.472 e. The van der Waals surface area contributed by atoms with Gasteiger partial charge in [-0.3, -0.25) is 32.5 Å². The van der Waals surface area contributed by atoms with Crippen molar-refractivity contribution in [2.45, 2.75) is 245 Å². The van der Waals surface area contributed by atoms with E-state index in [9.17, 15) is 43.5 Å². The first-order chi connectivity index (χ1) is 41.2. The quantitative estimate of drug-likeness (QED) is 0.0146. The average Bonchev–Trinajstić information content (AvgIpc) is 3.51. The lowest BCUT2D eigenvalue weighted by molar-refractivity contribution is -0.161. The van der Waals surface area contributed by atoms with Gasteiger partial charge in [-0.2, -0.15) is 0 Å². The molecule has 0 aromatic carbocycles. The van der Waals surface area contributed by atoms with Crippen molar-refractivity contribution in [3.63, 3.8) is 0 Å². The maximum atomic E-state index is 12.9. The van der Waals surface area contributed by atoms with Crippen LogP contribution in [0.5, 0.6) is 0 Å². The van der Waals surface area contributed by atoms with Crippen molar-refractivity contribution >= 4 is 33.6 Å². The predicted molar refractivity (Wildman–Crippen MR) is 343 cm³/mol. The van der Waals surface area contributed by atoms with Gasteiger partial charge in [-0.1, -0.05) is 206 Å². The summed E-state index contributed by atoms with van der Waals surface area (Å²) in [6, 6.07) is 0. The molecule has 0 aliphatic carbocycles. The number of rotatable bonds is 59. The van der Waals surface area contributed by atoms with Crippen molar-refractivity contribution in [3.05, 3.63) is 122 Å². The van der Waals surface area contributed by atoms with Crippen molar-refractivity contribution in [3.8, 4) is 0 Å². The zero-order valence-electron chi connectivity index (χ0n) is 52.2. The van der Waals surface area contributed by atoms with Gasteiger partial charge >= 0.3 is 33.6 Å². The number of hydrogen-bond acceptors (Lipinski definition) is 14. The number of carbonyl (C=O) groups excluding carboxylic acids is 3. The summed E-state index contributed by atoms with van der Waals surface area (Å²) in [5.41, 5.74) is 0. The Morgan fingerprint density at radius 1 is 0.341 bits per heavy atom. The van der Waals surface area contributed by atoms with Gasteiger partial charge in [0.2, 0.25) is 0 Å². The molecular formula is C67H112O16P2. The van der Waals surface area contributed by atoms with Crippen molar-refractivity contribution in [2.24, 2.45) is 0 Å². The van der Waals surface area contributed by atoms with Crippen LogP contribution in [-0.2, 0) is 55.8 Å². The van der Waals surface area contributed by atoms with Crippen LogP contribution in [0.4, 0.5) is 0 Å². The third-order valence-electron chi connectivity index (χ3n) is 12.7. The lowest BCUT2D eigenvalue weighted by Crippen LogP contribution is -2.30. The van der Waals surface area contributed by atoms with E-state index in [1.54, 1.807) is 0 Å². The fourth-order valence-corrected chi connectivity index (χ4v) is 9.41. The lowest BCUT2D eigenvalue weighted by atomic mass is 10.1. The summed E-state index contributed by atoms with van der Waals surface area (Å²) in [6.45, 7) is 2.30.